The number of hydrogen-bond donors (Lipinski definition) is 1. The van der Waals surface area contributed by atoms with Crippen molar-refractivity contribution in [3.8, 4) is 0 Å². The van der Waals surface area contributed by atoms with E-state index in [4.69, 9.17) is 9.47 Å². The number of amides is 1. The second-order valence-electron chi connectivity index (χ2n) is 4.91. The highest BCUT2D eigenvalue weighted by Crippen LogP contribution is 2.10. The second-order valence-corrected chi connectivity index (χ2v) is 4.91. The van der Waals surface area contributed by atoms with Gasteiger partial charge in [-0.15, -0.1) is 0 Å². The number of benzene rings is 2. The SMILES string of the molecule is CCOC(OCC)C(=NNC(=O)c1ccccc1)c1ccccc1. The van der Waals surface area contributed by atoms with Gasteiger partial charge in [-0.1, -0.05) is 48.5 Å². The van der Waals surface area contributed by atoms with Gasteiger partial charge >= 0.3 is 0 Å². The zero-order valence-electron chi connectivity index (χ0n) is 13.9. The molecule has 126 valence electrons. The summed E-state index contributed by atoms with van der Waals surface area (Å²) in [6.45, 7) is 4.72. The van der Waals surface area contributed by atoms with Gasteiger partial charge in [-0.3, -0.25) is 4.79 Å². The predicted octanol–water partition coefficient (Wildman–Crippen LogP) is 3.22. The molecule has 5 nitrogen and oxygen atoms in total. The van der Waals surface area contributed by atoms with Crippen molar-refractivity contribution in [2.45, 2.75) is 20.1 Å². The van der Waals surface area contributed by atoms with E-state index in [0.29, 0.717) is 24.5 Å². The number of hydrazone groups is 1. The lowest BCUT2D eigenvalue weighted by Gasteiger charge is -2.19. The van der Waals surface area contributed by atoms with Crippen molar-refractivity contribution in [1.29, 1.82) is 0 Å². The third kappa shape index (κ3) is 5.01. The fourth-order valence-corrected chi connectivity index (χ4v) is 2.14. The highest BCUT2D eigenvalue weighted by Gasteiger charge is 2.19. The maximum absolute atomic E-state index is 12.2. The van der Waals surface area contributed by atoms with Crippen molar-refractivity contribution in [3.63, 3.8) is 0 Å². The minimum atomic E-state index is -0.640. The third-order valence-electron chi connectivity index (χ3n) is 3.24. The standard InChI is InChI=1S/C19H22N2O3/c1-3-23-19(24-4-2)17(15-11-7-5-8-12-15)20-21-18(22)16-13-9-6-10-14-16/h5-14,19H,3-4H2,1-2H3,(H,21,22). The quantitative estimate of drug-likeness (QED) is 0.460. The normalized spacial score (nSPS) is 11.5. The molecule has 0 aliphatic rings. The lowest BCUT2D eigenvalue weighted by molar-refractivity contribution is -0.0897. The molecule has 2 rings (SSSR count). The van der Waals surface area contributed by atoms with E-state index >= 15 is 0 Å². The molecule has 1 amide bonds. The van der Waals surface area contributed by atoms with Crippen LogP contribution in [0.5, 0.6) is 0 Å². The van der Waals surface area contributed by atoms with E-state index < -0.39 is 6.29 Å². The van der Waals surface area contributed by atoms with Crippen LogP contribution in [0.3, 0.4) is 0 Å². The summed E-state index contributed by atoms with van der Waals surface area (Å²) in [6, 6.07) is 18.5. The molecule has 0 saturated heterocycles. The van der Waals surface area contributed by atoms with Crippen LogP contribution < -0.4 is 5.43 Å². The lowest BCUT2D eigenvalue weighted by Crippen LogP contribution is -2.31. The van der Waals surface area contributed by atoms with Gasteiger partial charge in [0.1, 0.15) is 5.71 Å². The van der Waals surface area contributed by atoms with E-state index in [1.165, 1.54) is 0 Å². The van der Waals surface area contributed by atoms with Crippen LogP contribution >= 0.6 is 0 Å². The van der Waals surface area contributed by atoms with Gasteiger partial charge in [0, 0.05) is 24.3 Å². The van der Waals surface area contributed by atoms with Crippen LogP contribution in [0.4, 0.5) is 0 Å². The second kappa shape index (κ2) is 9.60. The van der Waals surface area contributed by atoms with Gasteiger partial charge in [0.15, 0.2) is 0 Å². The molecule has 0 fully saturated rings. The monoisotopic (exact) mass is 326 g/mol. The Morgan fingerprint density at radius 3 is 1.92 bits per heavy atom. The Morgan fingerprint density at radius 1 is 0.917 bits per heavy atom. The molecule has 0 atom stereocenters. The van der Waals surface area contributed by atoms with Crippen LogP contribution in [0.15, 0.2) is 65.8 Å². The van der Waals surface area contributed by atoms with E-state index in [1.807, 2.05) is 50.2 Å². The molecule has 2 aromatic rings. The number of hydrogen-bond acceptors (Lipinski definition) is 4. The zero-order chi connectivity index (χ0) is 17.2. The Labute approximate surface area is 142 Å². The Kier molecular flexibility index (Phi) is 7.14. The average molecular weight is 326 g/mol. The Balaban J connectivity index is 2.26. The summed E-state index contributed by atoms with van der Waals surface area (Å²) >= 11 is 0. The molecule has 0 radical (unpaired) electrons. The van der Waals surface area contributed by atoms with Crippen molar-refractivity contribution in [2.75, 3.05) is 13.2 Å². The summed E-state index contributed by atoms with van der Waals surface area (Å²) < 4.78 is 11.3. The first-order chi connectivity index (χ1) is 11.8. The van der Waals surface area contributed by atoms with Gasteiger partial charge in [-0.25, -0.2) is 5.43 Å². The topological polar surface area (TPSA) is 59.9 Å². The van der Waals surface area contributed by atoms with E-state index in [0.717, 1.165) is 5.56 Å². The van der Waals surface area contributed by atoms with Crippen LogP contribution in [-0.2, 0) is 9.47 Å². The van der Waals surface area contributed by atoms with Crippen LogP contribution in [0.2, 0.25) is 0 Å². The van der Waals surface area contributed by atoms with Crippen LogP contribution in [0.1, 0.15) is 29.8 Å². The van der Waals surface area contributed by atoms with E-state index in [2.05, 4.69) is 10.5 Å². The highest BCUT2D eigenvalue weighted by atomic mass is 16.7. The van der Waals surface area contributed by atoms with Gasteiger partial charge < -0.3 is 9.47 Å². The van der Waals surface area contributed by atoms with Crippen molar-refractivity contribution in [2.24, 2.45) is 5.10 Å². The van der Waals surface area contributed by atoms with Gasteiger partial charge in [-0.2, -0.15) is 5.10 Å². The first-order valence-electron chi connectivity index (χ1n) is 7.97. The van der Waals surface area contributed by atoms with Crippen LogP contribution in [0, 0.1) is 0 Å². The molecule has 0 unspecified atom stereocenters. The number of carbonyl (C=O) groups excluding carboxylic acids is 1. The average Bonchev–Trinajstić information content (AvgIpc) is 2.63. The first-order valence-corrected chi connectivity index (χ1v) is 7.97. The number of rotatable bonds is 8. The molecule has 1 N–H and O–H groups in total. The molecule has 0 aliphatic heterocycles. The van der Waals surface area contributed by atoms with Crippen molar-refractivity contribution in [3.05, 3.63) is 71.8 Å². The summed E-state index contributed by atoms with van der Waals surface area (Å²) in [6.07, 6.45) is -0.640. The maximum atomic E-state index is 12.2. The first kappa shape index (κ1) is 17.8. The minimum Gasteiger partial charge on any atom is -0.347 e. The number of nitrogens with one attached hydrogen (secondary N) is 1. The van der Waals surface area contributed by atoms with Crippen LogP contribution in [0.25, 0.3) is 0 Å². The number of ether oxygens (including phenoxy) is 2. The van der Waals surface area contributed by atoms with Crippen LogP contribution in [-0.4, -0.2) is 31.1 Å². The molecule has 0 spiro atoms. The predicted molar refractivity (Wildman–Crippen MR) is 93.9 cm³/mol. The largest absolute Gasteiger partial charge is 0.347 e. The minimum absolute atomic E-state index is 0.282. The maximum Gasteiger partial charge on any atom is 0.271 e. The van der Waals surface area contributed by atoms with Crippen molar-refractivity contribution in [1.82, 2.24) is 5.43 Å². The van der Waals surface area contributed by atoms with E-state index in [1.54, 1.807) is 24.3 Å². The van der Waals surface area contributed by atoms with Gasteiger partial charge in [-0.05, 0) is 26.0 Å². The fraction of sp³-hybridized carbons (Fsp3) is 0.263. The Morgan fingerprint density at radius 2 is 1.42 bits per heavy atom. The zero-order valence-corrected chi connectivity index (χ0v) is 13.9. The van der Waals surface area contributed by atoms with Gasteiger partial charge in [0.2, 0.25) is 6.29 Å². The Bertz CT molecular complexity index is 651. The number of carbonyl (C=O) groups is 1. The van der Waals surface area contributed by atoms with E-state index in [-0.39, 0.29) is 5.91 Å². The Hall–Kier alpha value is -2.50. The molecule has 2 aromatic carbocycles. The number of nitrogens with zero attached hydrogens (tertiary/aromatic N) is 1. The molecule has 0 aliphatic carbocycles. The molecular weight excluding hydrogens is 304 g/mol. The summed E-state index contributed by atoms with van der Waals surface area (Å²) in [5.74, 6) is -0.282. The van der Waals surface area contributed by atoms with Gasteiger partial charge in [0.05, 0.1) is 0 Å². The summed E-state index contributed by atoms with van der Waals surface area (Å²) in [4.78, 5) is 12.2. The summed E-state index contributed by atoms with van der Waals surface area (Å²) in [7, 11) is 0. The molecular formula is C19H22N2O3. The van der Waals surface area contributed by atoms with Crippen molar-refractivity contribution >= 4 is 11.6 Å². The lowest BCUT2D eigenvalue weighted by atomic mass is 10.1. The highest BCUT2D eigenvalue weighted by molar-refractivity contribution is 6.04. The summed E-state index contributed by atoms with van der Waals surface area (Å²) in [5.41, 5.74) is 4.49. The molecule has 0 heterocycles. The smallest absolute Gasteiger partial charge is 0.271 e. The molecule has 5 heteroatoms. The molecule has 24 heavy (non-hydrogen) atoms. The van der Waals surface area contributed by atoms with E-state index in [9.17, 15) is 4.79 Å². The van der Waals surface area contributed by atoms with Crippen molar-refractivity contribution < 1.29 is 14.3 Å². The third-order valence-corrected chi connectivity index (χ3v) is 3.24. The molecule has 0 bridgehead atoms. The fourth-order valence-electron chi connectivity index (χ4n) is 2.14. The molecule has 0 saturated carbocycles. The summed E-state index contributed by atoms with van der Waals surface area (Å²) in [5, 5.41) is 4.27. The molecule has 0 aromatic heterocycles. The van der Waals surface area contributed by atoms with Gasteiger partial charge in [0.25, 0.3) is 5.91 Å².